The van der Waals surface area contributed by atoms with Gasteiger partial charge in [-0.05, 0) is 51.3 Å². The predicted molar refractivity (Wildman–Crippen MR) is 111 cm³/mol. The van der Waals surface area contributed by atoms with Crippen LogP contribution in [-0.4, -0.2) is 46.4 Å². The van der Waals surface area contributed by atoms with E-state index in [0.29, 0.717) is 5.25 Å². The molecule has 1 atom stereocenters. The predicted octanol–water partition coefficient (Wildman–Crippen LogP) is 2.65. The molecule has 0 bridgehead atoms. The normalized spacial score (nSPS) is 17.9. The maximum absolute atomic E-state index is 4.73. The molecule has 2 N–H and O–H groups in total. The van der Waals surface area contributed by atoms with Crippen LogP contribution in [0, 0.1) is 13.8 Å². The Balaban J connectivity index is 0.00000264. The standard InChI is InChI=1S/C16H29N5S.HI/c1-5-17-16(19-11-14-7-6-10-22-14)18-9-8-15-12(2)20-21(4)13(15)3;/h14H,5-11H2,1-4H3,(H2,17,18,19);1H. The summed E-state index contributed by atoms with van der Waals surface area (Å²) in [5.41, 5.74) is 3.73. The Hall–Kier alpha value is -0.440. The summed E-state index contributed by atoms with van der Waals surface area (Å²) in [5.74, 6) is 2.23. The van der Waals surface area contributed by atoms with Crippen molar-refractivity contribution in [2.24, 2.45) is 12.0 Å². The molecule has 1 unspecified atom stereocenters. The van der Waals surface area contributed by atoms with Gasteiger partial charge >= 0.3 is 0 Å². The number of aromatic nitrogens is 2. The van der Waals surface area contributed by atoms with Gasteiger partial charge in [-0.3, -0.25) is 9.67 Å². The molecule has 1 aliphatic heterocycles. The summed E-state index contributed by atoms with van der Waals surface area (Å²) in [6.07, 6.45) is 3.63. The number of halogens is 1. The number of nitrogens with one attached hydrogen (secondary N) is 2. The van der Waals surface area contributed by atoms with Gasteiger partial charge in [-0.1, -0.05) is 0 Å². The third-order valence-corrected chi connectivity index (χ3v) is 5.53. The fourth-order valence-corrected chi connectivity index (χ4v) is 3.99. The largest absolute Gasteiger partial charge is 0.357 e. The van der Waals surface area contributed by atoms with E-state index >= 15 is 0 Å². The lowest BCUT2D eigenvalue weighted by Crippen LogP contribution is -2.38. The van der Waals surface area contributed by atoms with Gasteiger partial charge in [-0.2, -0.15) is 16.9 Å². The first-order valence-electron chi connectivity index (χ1n) is 8.24. The molecule has 132 valence electrons. The second-order valence-electron chi connectivity index (χ2n) is 5.80. The molecular formula is C16H30IN5S. The average molecular weight is 451 g/mol. The molecule has 0 saturated carbocycles. The van der Waals surface area contributed by atoms with Gasteiger partial charge in [0.2, 0.25) is 0 Å². The SMILES string of the molecule is CCNC(=NCC1CCCS1)NCCc1c(C)nn(C)c1C.I. The Morgan fingerprint density at radius 2 is 2.17 bits per heavy atom. The van der Waals surface area contributed by atoms with E-state index in [2.05, 4.69) is 48.3 Å². The van der Waals surface area contributed by atoms with Gasteiger partial charge in [0, 0.05) is 31.1 Å². The van der Waals surface area contributed by atoms with Crippen LogP contribution in [0.4, 0.5) is 0 Å². The van der Waals surface area contributed by atoms with Crippen molar-refractivity contribution >= 4 is 41.7 Å². The summed E-state index contributed by atoms with van der Waals surface area (Å²) in [4.78, 5) is 4.73. The van der Waals surface area contributed by atoms with E-state index in [9.17, 15) is 0 Å². The van der Waals surface area contributed by atoms with Gasteiger partial charge in [0.15, 0.2) is 5.96 Å². The molecule has 1 aromatic rings. The molecule has 1 aromatic heterocycles. The highest BCUT2D eigenvalue weighted by Gasteiger charge is 2.15. The van der Waals surface area contributed by atoms with Gasteiger partial charge < -0.3 is 10.6 Å². The summed E-state index contributed by atoms with van der Waals surface area (Å²) in [6, 6.07) is 0. The summed E-state index contributed by atoms with van der Waals surface area (Å²) in [7, 11) is 2.00. The second kappa shape index (κ2) is 10.4. The van der Waals surface area contributed by atoms with Gasteiger partial charge in [-0.25, -0.2) is 0 Å². The molecule has 23 heavy (non-hydrogen) atoms. The minimum atomic E-state index is 0. The number of nitrogens with zero attached hydrogens (tertiary/aromatic N) is 3. The summed E-state index contributed by atoms with van der Waals surface area (Å²) >= 11 is 2.06. The molecule has 7 heteroatoms. The number of aliphatic imine (C=N–C) groups is 1. The van der Waals surface area contributed by atoms with Gasteiger partial charge in [0.1, 0.15) is 0 Å². The Morgan fingerprint density at radius 3 is 2.74 bits per heavy atom. The van der Waals surface area contributed by atoms with Crippen LogP contribution >= 0.6 is 35.7 Å². The van der Waals surface area contributed by atoms with E-state index in [1.54, 1.807) is 0 Å². The van der Waals surface area contributed by atoms with E-state index in [4.69, 9.17) is 4.99 Å². The molecule has 0 aliphatic carbocycles. The number of hydrogen-bond donors (Lipinski definition) is 2. The Labute approximate surface area is 161 Å². The first kappa shape index (κ1) is 20.6. The molecule has 0 spiro atoms. The van der Waals surface area contributed by atoms with Crippen molar-refractivity contribution in [3.05, 3.63) is 17.0 Å². The van der Waals surface area contributed by atoms with Crippen LogP contribution in [0.5, 0.6) is 0 Å². The zero-order valence-corrected chi connectivity index (χ0v) is 17.8. The molecule has 0 aromatic carbocycles. The molecule has 1 fully saturated rings. The third kappa shape index (κ3) is 6.17. The lowest BCUT2D eigenvalue weighted by atomic mass is 10.1. The molecule has 1 saturated heterocycles. The number of guanidine groups is 1. The lowest BCUT2D eigenvalue weighted by molar-refractivity contribution is 0.728. The van der Waals surface area contributed by atoms with E-state index in [0.717, 1.165) is 37.7 Å². The fraction of sp³-hybridized carbons (Fsp3) is 0.750. The quantitative estimate of drug-likeness (QED) is 0.397. The monoisotopic (exact) mass is 451 g/mol. The number of rotatable bonds is 6. The van der Waals surface area contributed by atoms with Crippen molar-refractivity contribution in [1.82, 2.24) is 20.4 Å². The van der Waals surface area contributed by atoms with Crippen LogP contribution in [0.15, 0.2) is 4.99 Å². The minimum Gasteiger partial charge on any atom is -0.357 e. The fourth-order valence-electron chi connectivity index (χ4n) is 2.81. The van der Waals surface area contributed by atoms with Crippen LogP contribution in [0.1, 0.15) is 36.7 Å². The van der Waals surface area contributed by atoms with Crippen LogP contribution in [0.3, 0.4) is 0 Å². The van der Waals surface area contributed by atoms with Crippen LogP contribution < -0.4 is 10.6 Å². The molecule has 0 amide bonds. The topological polar surface area (TPSA) is 54.2 Å². The molecule has 5 nitrogen and oxygen atoms in total. The van der Waals surface area contributed by atoms with Gasteiger partial charge in [-0.15, -0.1) is 24.0 Å². The maximum atomic E-state index is 4.73. The molecule has 2 rings (SSSR count). The van der Waals surface area contributed by atoms with E-state index in [-0.39, 0.29) is 24.0 Å². The second-order valence-corrected chi connectivity index (χ2v) is 7.21. The van der Waals surface area contributed by atoms with Crippen LogP contribution in [-0.2, 0) is 13.5 Å². The zero-order valence-electron chi connectivity index (χ0n) is 14.7. The highest BCUT2D eigenvalue weighted by Crippen LogP contribution is 2.25. The lowest BCUT2D eigenvalue weighted by Gasteiger charge is -2.13. The van der Waals surface area contributed by atoms with Crippen molar-refractivity contribution in [2.75, 3.05) is 25.4 Å². The van der Waals surface area contributed by atoms with E-state index in [1.165, 1.54) is 29.9 Å². The third-order valence-electron chi connectivity index (χ3n) is 4.15. The summed E-state index contributed by atoms with van der Waals surface area (Å²) in [6.45, 7) is 9.03. The Kier molecular flexibility index (Phi) is 9.34. The number of aryl methyl sites for hydroxylation is 2. The van der Waals surface area contributed by atoms with E-state index in [1.807, 2.05) is 11.7 Å². The highest BCUT2D eigenvalue weighted by atomic mass is 127. The Morgan fingerprint density at radius 1 is 1.39 bits per heavy atom. The Bertz CT molecular complexity index is 509. The average Bonchev–Trinajstić information content (AvgIpc) is 3.08. The van der Waals surface area contributed by atoms with Crippen LogP contribution in [0.25, 0.3) is 0 Å². The molecule has 1 aliphatic rings. The van der Waals surface area contributed by atoms with Crippen molar-refractivity contribution in [3.63, 3.8) is 0 Å². The molecular weight excluding hydrogens is 421 g/mol. The zero-order chi connectivity index (χ0) is 15.9. The van der Waals surface area contributed by atoms with Crippen LogP contribution in [0.2, 0.25) is 0 Å². The molecule has 2 heterocycles. The summed E-state index contributed by atoms with van der Waals surface area (Å²) < 4.78 is 1.96. The number of hydrogen-bond acceptors (Lipinski definition) is 3. The maximum Gasteiger partial charge on any atom is 0.191 e. The minimum absolute atomic E-state index is 0. The first-order chi connectivity index (χ1) is 10.6. The number of thioether (sulfide) groups is 1. The van der Waals surface area contributed by atoms with Gasteiger partial charge in [0.25, 0.3) is 0 Å². The molecule has 0 radical (unpaired) electrons. The van der Waals surface area contributed by atoms with Crippen molar-refractivity contribution < 1.29 is 0 Å². The summed E-state index contributed by atoms with van der Waals surface area (Å²) in [5, 5.41) is 12.0. The highest BCUT2D eigenvalue weighted by molar-refractivity contribution is 14.0. The van der Waals surface area contributed by atoms with E-state index < -0.39 is 0 Å². The van der Waals surface area contributed by atoms with Crippen molar-refractivity contribution in [1.29, 1.82) is 0 Å². The van der Waals surface area contributed by atoms with Gasteiger partial charge in [0.05, 0.1) is 12.2 Å². The first-order valence-corrected chi connectivity index (χ1v) is 9.29. The smallest absolute Gasteiger partial charge is 0.191 e. The van der Waals surface area contributed by atoms with Crippen molar-refractivity contribution in [3.8, 4) is 0 Å². The van der Waals surface area contributed by atoms with Crippen molar-refractivity contribution in [2.45, 2.75) is 45.3 Å².